The molecule has 1 aromatic heterocycles. The van der Waals surface area contributed by atoms with Crippen molar-refractivity contribution < 1.29 is 26.0 Å². The molecule has 1 N–H and O–H groups in total. The van der Waals surface area contributed by atoms with E-state index in [1.165, 1.54) is 10.4 Å². The molecule has 0 amide bonds. The molecule has 1 aromatic carbocycles. The minimum absolute atomic E-state index is 0.126. The Morgan fingerprint density at radius 2 is 1.86 bits per heavy atom. The van der Waals surface area contributed by atoms with Gasteiger partial charge in [0.05, 0.1) is 23.3 Å². The molecule has 0 atom stereocenters. The highest BCUT2D eigenvalue weighted by Gasteiger charge is 2.34. The van der Waals surface area contributed by atoms with Crippen molar-refractivity contribution in [2.45, 2.75) is 17.6 Å². The average Bonchev–Trinajstić information content (AvgIpc) is 3.19. The van der Waals surface area contributed by atoms with Crippen LogP contribution in [0.1, 0.15) is 11.3 Å². The van der Waals surface area contributed by atoms with E-state index < -0.39 is 21.8 Å². The molecule has 0 spiro atoms. The van der Waals surface area contributed by atoms with Crippen LogP contribution in [0.4, 0.5) is 13.2 Å². The van der Waals surface area contributed by atoms with Crippen LogP contribution in [0.5, 0.6) is 0 Å². The van der Waals surface area contributed by atoms with E-state index in [-0.39, 0.29) is 18.0 Å². The summed E-state index contributed by atoms with van der Waals surface area (Å²) in [6.07, 6.45) is -3.05. The number of hydrogen-bond acceptors (Lipinski definition) is 4. The van der Waals surface area contributed by atoms with E-state index in [0.29, 0.717) is 36.6 Å². The Kier molecular flexibility index (Phi) is 5.96. The topological polar surface area (TPSA) is 65.8 Å². The van der Waals surface area contributed by atoms with Gasteiger partial charge in [-0.3, -0.25) is 0 Å². The summed E-state index contributed by atoms with van der Waals surface area (Å²) in [5.41, 5.74) is -0.990. The summed E-state index contributed by atoms with van der Waals surface area (Å²) in [5.74, 6) is 0.716. The van der Waals surface area contributed by atoms with E-state index in [9.17, 15) is 21.6 Å². The van der Waals surface area contributed by atoms with Crippen molar-refractivity contribution in [2.75, 3.05) is 26.2 Å². The molecule has 0 bridgehead atoms. The summed E-state index contributed by atoms with van der Waals surface area (Å²) in [6.45, 7) is 1.33. The highest BCUT2D eigenvalue weighted by molar-refractivity contribution is 7.89. The molecule has 1 fully saturated rings. The minimum atomic E-state index is -4.60. The van der Waals surface area contributed by atoms with E-state index in [1.807, 2.05) is 4.90 Å². The zero-order valence-electron chi connectivity index (χ0n) is 14.6. The smallest absolute Gasteiger partial charge is 0.416 e. The van der Waals surface area contributed by atoms with Crippen molar-refractivity contribution in [1.29, 1.82) is 0 Å². The van der Waals surface area contributed by atoms with Gasteiger partial charge in [0.2, 0.25) is 10.0 Å². The van der Waals surface area contributed by atoms with E-state index >= 15 is 0 Å². The Morgan fingerprint density at radius 1 is 1.14 bits per heavy atom. The van der Waals surface area contributed by atoms with Crippen LogP contribution in [0.2, 0.25) is 0 Å². The van der Waals surface area contributed by atoms with E-state index in [2.05, 4.69) is 5.32 Å². The van der Waals surface area contributed by atoms with E-state index in [4.69, 9.17) is 16.6 Å². The number of piperazine rings is 1. The average molecular weight is 433 g/mol. The van der Waals surface area contributed by atoms with Gasteiger partial charge in [0, 0.05) is 26.2 Å². The molecule has 1 saturated heterocycles. The summed E-state index contributed by atoms with van der Waals surface area (Å²) in [7, 11) is -4.01. The quantitative estimate of drug-likeness (QED) is 0.748. The molecule has 2 heterocycles. The number of sulfonamides is 1. The highest BCUT2D eigenvalue weighted by atomic mass is 32.2. The number of nitrogens with one attached hydrogen (secondary N) is 1. The molecule has 1 aliphatic heterocycles. The zero-order chi connectivity index (χ0) is 20.4. The predicted molar refractivity (Wildman–Crippen MR) is 99.9 cm³/mol. The lowest BCUT2D eigenvalue weighted by molar-refractivity contribution is -0.137. The Balaban J connectivity index is 1.61. The van der Waals surface area contributed by atoms with Crippen molar-refractivity contribution in [3.05, 3.63) is 54.0 Å². The molecule has 0 aliphatic carbocycles. The molecule has 1 aliphatic rings. The zero-order valence-corrected chi connectivity index (χ0v) is 16.3. The van der Waals surface area contributed by atoms with Gasteiger partial charge in [0.1, 0.15) is 5.76 Å². The number of hydrogen-bond donors (Lipinski definition) is 1. The van der Waals surface area contributed by atoms with E-state index in [1.54, 1.807) is 18.4 Å². The van der Waals surface area contributed by atoms with Crippen LogP contribution in [-0.4, -0.2) is 48.9 Å². The van der Waals surface area contributed by atoms with Crippen molar-refractivity contribution in [2.24, 2.45) is 0 Å². The summed E-state index contributed by atoms with van der Waals surface area (Å²) in [6, 6.07) is 7.34. The van der Waals surface area contributed by atoms with Crippen molar-refractivity contribution in [3.8, 4) is 0 Å². The third kappa shape index (κ3) is 4.65. The molecule has 0 radical (unpaired) electrons. The third-order valence-corrected chi connectivity index (χ3v) is 6.62. The summed E-state index contributed by atoms with van der Waals surface area (Å²) in [4.78, 5) is 1.45. The number of thiocarbonyl (C=S) groups is 1. The second kappa shape index (κ2) is 8.10. The van der Waals surface area contributed by atoms with Gasteiger partial charge in [-0.2, -0.15) is 17.5 Å². The van der Waals surface area contributed by atoms with Crippen molar-refractivity contribution in [1.82, 2.24) is 14.5 Å². The molecule has 2 aromatic rings. The van der Waals surface area contributed by atoms with Gasteiger partial charge >= 0.3 is 6.18 Å². The number of halogens is 3. The first-order valence-corrected chi connectivity index (χ1v) is 10.3. The lowest BCUT2D eigenvalue weighted by Gasteiger charge is -2.35. The number of rotatable bonds is 4. The fourth-order valence-electron chi connectivity index (χ4n) is 2.80. The fourth-order valence-corrected chi connectivity index (χ4v) is 4.52. The molecule has 28 heavy (non-hydrogen) atoms. The molecular weight excluding hydrogens is 415 g/mol. The SMILES string of the molecule is O=S(=O)(c1cccc(C(F)(F)F)c1)N1CCN(C(=S)NCc2ccco2)CC1. The fraction of sp³-hybridized carbons (Fsp3) is 0.353. The normalized spacial score (nSPS) is 16.2. The molecule has 11 heteroatoms. The number of benzene rings is 1. The first-order chi connectivity index (χ1) is 13.2. The Hall–Kier alpha value is -2.11. The molecule has 152 valence electrons. The first-order valence-electron chi connectivity index (χ1n) is 8.40. The largest absolute Gasteiger partial charge is 0.467 e. The minimum Gasteiger partial charge on any atom is -0.467 e. The van der Waals surface area contributed by atoms with Crippen LogP contribution in [-0.2, 0) is 22.7 Å². The number of furan rings is 1. The Labute approximate surface area is 166 Å². The maximum absolute atomic E-state index is 12.9. The maximum Gasteiger partial charge on any atom is 0.416 e. The predicted octanol–water partition coefficient (Wildman–Crippen LogP) is 2.68. The van der Waals surface area contributed by atoms with Crippen LogP contribution in [0.15, 0.2) is 52.0 Å². The standard InChI is InChI=1S/C17H18F3N3O3S2/c18-17(19,20)13-3-1-5-15(11-13)28(24,25)23-8-6-22(7-9-23)16(27)21-12-14-4-2-10-26-14/h1-5,10-11H,6-9,12H2,(H,21,27). The van der Waals surface area contributed by atoms with Crippen molar-refractivity contribution >= 4 is 27.4 Å². The highest BCUT2D eigenvalue weighted by Crippen LogP contribution is 2.31. The van der Waals surface area contributed by atoms with Crippen LogP contribution in [0.25, 0.3) is 0 Å². The summed E-state index contributed by atoms with van der Waals surface area (Å²) >= 11 is 5.31. The second-order valence-electron chi connectivity index (χ2n) is 6.15. The van der Waals surface area contributed by atoms with Crippen molar-refractivity contribution in [3.63, 3.8) is 0 Å². The Morgan fingerprint density at radius 3 is 2.46 bits per heavy atom. The molecule has 0 unspecified atom stereocenters. The number of nitrogens with zero attached hydrogens (tertiary/aromatic N) is 2. The molecular formula is C17H18F3N3O3S2. The van der Waals surface area contributed by atoms with Gasteiger partial charge < -0.3 is 14.6 Å². The molecule has 0 saturated carbocycles. The maximum atomic E-state index is 12.9. The lowest BCUT2D eigenvalue weighted by atomic mass is 10.2. The molecule has 6 nitrogen and oxygen atoms in total. The van der Waals surface area contributed by atoms with E-state index in [0.717, 1.165) is 12.1 Å². The van der Waals surface area contributed by atoms with Gasteiger partial charge in [0.25, 0.3) is 0 Å². The van der Waals surface area contributed by atoms with Gasteiger partial charge in [-0.15, -0.1) is 0 Å². The lowest BCUT2D eigenvalue weighted by Crippen LogP contribution is -2.52. The first kappa shape index (κ1) is 20.6. The van der Waals surface area contributed by atoms with Gasteiger partial charge in [-0.05, 0) is 42.5 Å². The summed E-state index contributed by atoms with van der Waals surface area (Å²) in [5, 5.41) is 3.50. The second-order valence-corrected chi connectivity index (χ2v) is 8.48. The Bertz CT molecular complexity index is 923. The third-order valence-electron chi connectivity index (χ3n) is 4.32. The van der Waals surface area contributed by atoms with Crippen LogP contribution < -0.4 is 5.32 Å². The van der Waals surface area contributed by atoms with Gasteiger partial charge in [-0.1, -0.05) is 6.07 Å². The summed E-state index contributed by atoms with van der Waals surface area (Å²) < 4.78 is 70.4. The van der Waals surface area contributed by atoms with Crippen LogP contribution in [0.3, 0.4) is 0 Å². The number of alkyl halides is 3. The van der Waals surface area contributed by atoms with Crippen LogP contribution >= 0.6 is 12.2 Å². The van der Waals surface area contributed by atoms with Gasteiger partial charge in [0.15, 0.2) is 5.11 Å². The van der Waals surface area contributed by atoms with Gasteiger partial charge in [-0.25, -0.2) is 8.42 Å². The monoisotopic (exact) mass is 433 g/mol. The molecule has 3 rings (SSSR count). The van der Waals surface area contributed by atoms with Crippen LogP contribution in [0, 0.1) is 0 Å².